The quantitative estimate of drug-likeness (QED) is 0.913. The largest absolute Gasteiger partial charge is 0.494 e. The van der Waals surface area contributed by atoms with Crippen molar-refractivity contribution in [3.8, 4) is 5.75 Å². The summed E-state index contributed by atoms with van der Waals surface area (Å²) in [5, 5.41) is 7.66. The first-order valence-corrected chi connectivity index (χ1v) is 6.65. The molecule has 0 amide bonds. The Morgan fingerprint density at radius 2 is 2.15 bits per heavy atom. The average molecular weight is 277 g/mol. The molecule has 0 saturated carbocycles. The summed E-state index contributed by atoms with van der Waals surface area (Å²) in [6.45, 7) is 4.77. The Bertz CT molecular complexity index is 595. The van der Waals surface area contributed by atoms with Gasteiger partial charge in [-0.25, -0.2) is 4.39 Å². The van der Waals surface area contributed by atoms with Gasteiger partial charge in [-0.3, -0.25) is 4.68 Å². The Morgan fingerprint density at radius 3 is 2.70 bits per heavy atom. The summed E-state index contributed by atoms with van der Waals surface area (Å²) in [6, 6.07) is 6.94. The van der Waals surface area contributed by atoms with E-state index in [9.17, 15) is 4.39 Å². The van der Waals surface area contributed by atoms with Crippen molar-refractivity contribution < 1.29 is 9.13 Å². The number of rotatable bonds is 5. The Morgan fingerprint density at radius 1 is 1.40 bits per heavy atom. The highest BCUT2D eigenvalue weighted by atomic mass is 19.1. The number of ether oxygens (including phenoxy) is 1. The standard InChI is InChI=1S/C15H20FN3O/c1-5-19-13(8-10(2)18-19)15(17-3)11-6-7-14(20-4)12(16)9-11/h6-9,15,17H,5H2,1-4H3. The van der Waals surface area contributed by atoms with Gasteiger partial charge >= 0.3 is 0 Å². The number of benzene rings is 1. The normalized spacial score (nSPS) is 12.4. The smallest absolute Gasteiger partial charge is 0.165 e. The second-order valence-electron chi connectivity index (χ2n) is 4.64. The van der Waals surface area contributed by atoms with E-state index in [1.54, 1.807) is 6.07 Å². The molecule has 1 aromatic heterocycles. The Balaban J connectivity index is 2.44. The van der Waals surface area contributed by atoms with E-state index in [1.165, 1.54) is 13.2 Å². The second kappa shape index (κ2) is 6.05. The Labute approximate surface area is 118 Å². The molecule has 1 unspecified atom stereocenters. The lowest BCUT2D eigenvalue weighted by atomic mass is 10.0. The van der Waals surface area contributed by atoms with Gasteiger partial charge in [0, 0.05) is 6.54 Å². The highest BCUT2D eigenvalue weighted by Crippen LogP contribution is 2.26. The van der Waals surface area contributed by atoms with Crippen LogP contribution in [0, 0.1) is 12.7 Å². The molecule has 1 atom stereocenters. The van der Waals surface area contributed by atoms with Crippen LogP contribution < -0.4 is 10.1 Å². The highest BCUT2D eigenvalue weighted by molar-refractivity contribution is 5.35. The van der Waals surface area contributed by atoms with E-state index in [-0.39, 0.29) is 17.6 Å². The summed E-state index contributed by atoms with van der Waals surface area (Å²) >= 11 is 0. The van der Waals surface area contributed by atoms with Gasteiger partial charge in [0.15, 0.2) is 11.6 Å². The second-order valence-corrected chi connectivity index (χ2v) is 4.64. The van der Waals surface area contributed by atoms with Crippen LogP contribution in [-0.2, 0) is 6.54 Å². The van der Waals surface area contributed by atoms with E-state index in [0.717, 1.165) is 23.5 Å². The molecule has 0 fully saturated rings. The van der Waals surface area contributed by atoms with Crippen LogP contribution in [0.15, 0.2) is 24.3 Å². The van der Waals surface area contributed by atoms with E-state index < -0.39 is 0 Å². The predicted octanol–water partition coefficient (Wildman–Crippen LogP) is 2.67. The maximum Gasteiger partial charge on any atom is 0.165 e. The van der Waals surface area contributed by atoms with Crippen molar-refractivity contribution in [2.24, 2.45) is 0 Å². The molecule has 0 aliphatic rings. The minimum atomic E-state index is -0.357. The summed E-state index contributed by atoms with van der Waals surface area (Å²) in [6.07, 6.45) is 0. The van der Waals surface area contributed by atoms with Crippen molar-refractivity contribution in [3.63, 3.8) is 0 Å². The SMILES string of the molecule is CCn1nc(C)cc1C(NC)c1ccc(OC)c(F)c1. The molecule has 0 radical (unpaired) electrons. The summed E-state index contributed by atoms with van der Waals surface area (Å²) in [7, 11) is 3.32. The molecule has 0 bridgehead atoms. The van der Waals surface area contributed by atoms with Crippen LogP contribution in [-0.4, -0.2) is 23.9 Å². The fourth-order valence-corrected chi connectivity index (χ4v) is 2.40. The third kappa shape index (κ3) is 2.67. The van der Waals surface area contributed by atoms with Gasteiger partial charge in [-0.2, -0.15) is 5.10 Å². The van der Waals surface area contributed by atoms with Crippen molar-refractivity contribution in [2.75, 3.05) is 14.2 Å². The molecule has 0 spiro atoms. The molecule has 4 nitrogen and oxygen atoms in total. The van der Waals surface area contributed by atoms with Crippen LogP contribution in [0.25, 0.3) is 0 Å². The van der Waals surface area contributed by atoms with Crippen molar-refractivity contribution in [2.45, 2.75) is 26.4 Å². The number of aryl methyl sites for hydroxylation is 2. The van der Waals surface area contributed by atoms with Gasteiger partial charge in [-0.15, -0.1) is 0 Å². The highest BCUT2D eigenvalue weighted by Gasteiger charge is 2.18. The summed E-state index contributed by atoms with van der Waals surface area (Å²) in [4.78, 5) is 0. The molecule has 2 rings (SSSR count). The van der Waals surface area contributed by atoms with Crippen LogP contribution in [0.4, 0.5) is 4.39 Å². The lowest BCUT2D eigenvalue weighted by Gasteiger charge is -2.18. The number of nitrogens with zero attached hydrogens (tertiary/aromatic N) is 2. The minimum Gasteiger partial charge on any atom is -0.494 e. The minimum absolute atomic E-state index is 0.100. The van der Waals surface area contributed by atoms with Crippen molar-refractivity contribution in [1.82, 2.24) is 15.1 Å². The molecule has 2 aromatic rings. The first-order chi connectivity index (χ1) is 9.60. The van der Waals surface area contributed by atoms with Crippen LogP contribution in [0.5, 0.6) is 5.75 Å². The van der Waals surface area contributed by atoms with Gasteiger partial charge in [0.05, 0.1) is 24.5 Å². The average Bonchev–Trinajstić information content (AvgIpc) is 2.81. The zero-order chi connectivity index (χ0) is 14.7. The number of aromatic nitrogens is 2. The first-order valence-electron chi connectivity index (χ1n) is 6.65. The molecule has 5 heteroatoms. The molecular formula is C15H20FN3O. The molecular weight excluding hydrogens is 257 g/mol. The molecule has 20 heavy (non-hydrogen) atoms. The first kappa shape index (κ1) is 14.5. The molecule has 1 N–H and O–H groups in total. The van der Waals surface area contributed by atoms with Gasteiger partial charge in [-0.1, -0.05) is 6.07 Å². The number of hydrogen-bond acceptors (Lipinski definition) is 3. The zero-order valence-corrected chi connectivity index (χ0v) is 12.3. The zero-order valence-electron chi connectivity index (χ0n) is 12.3. The molecule has 0 saturated heterocycles. The lowest BCUT2D eigenvalue weighted by molar-refractivity contribution is 0.385. The van der Waals surface area contributed by atoms with Gasteiger partial charge < -0.3 is 10.1 Å². The molecule has 0 aliphatic heterocycles. The Hall–Kier alpha value is -1.88. The van der Waals surface area contributed by atoms with Crippen molar-refractivity contribution in [3.05, 3.63) is 47.0 Å². The van der Waals surface area contributed by atoms with E-state index in [0.29, 0.717) is 0 Å². The van der Waals surface area contributed by atoms with Crippen LogP contribution in [0.2, 0.25) is 0 Å². The molecule has 108 valence electrons. The van der Waals surface area contributed by atoms with Crippen LogP contribution in [0.1, 0.15) is 29.9 Å². The summed E-state index contributed by atoms with van der Waals surface area (Å²) in [5.41, 5.74) is 2.83. The van der Waals surface area contributed by atoms with Crippen molar-refractivity contribution >= 4 is 0 Å². The number of methoxy groups -OCH3 is 1. The maximum atomic E-state index is 13.9. The summed E-state index contributed by atoms with van der Waals surface area (Å²) in [5.74, 6) is -0.103. The lowest BCUT2D eigenvalue weighted by Crippen LogP contribution is -2.21. The monoisotopic (exact) mass is 277 g/mol. The van der Waals surface area contributed by atoms with Crippen molar-refractivity contribution in [1.29, 1.82) is 0 Å². The van der Waals surface area contributed by atoms with Gasteiger partial charge in [0.2, 0.25) is 0 Å². The van der Waals surface area contributed by atoms with Crippen LogP contribution in [0.3, 0.4) is 0 Å². The topological polar surface area (TPSA) is 39.1 Å². The third-order valence-electron chi connectivity index (χ3n) is 3.33. The predicted molar refractivity (Wildman–Crippen MR) is 76.5 cm³/mol. The number of nitrogens with one attached hydrogen (secondary N) is 1. The maximum absolute atomic E-state index is 13.9. The molecule has 0 aliphatic carbocycles. The van der Waals surface area contributed by atoms with Crippen LogP contribution >= 0.6 is 0 Å². The van der Waals surface area contributed by atoms with E-state index >= 15 is 0 Å². The number of halogens is 1. The number of hydrogen-bond donors (Lipinski definition) is 1. The van der Waals surface area contributed by atoms with E-state index in [2.05, 4.69) is 10.4 Å². The van der Waals surface area contributed by atoms with Gasteiger partial charge in [-0.05, 0) is 44.7 Å². The van der Waals surface area contributed by atoms with Gasteiger partial charge in [0.25, 0.3) is 0 Å². The van der Waals surface area contributed by atoms with E-state index in [4.69, 9.17) is 4.74 Å². The fraction of sp³-hybridized carbons (Fsp3) is 0.400. The summed E-state index contributed by atoms with van der Waals surface area (Å²) < 4.78 is 20.8. The molecule has 1 aromatic carbocycles. The third-order valence-corrected chi connectivity index (χ3v) is 3.33. The fourth-order valence-electron chi connectivity index (χ4n) is 2.40. The van der Waals surface area contributed by atoms with E-state index in [1.807, 2.05) is 37.7 Å². The van der Waals surface area contributed by atoms with Gasteiger partial charge in [0.1, 0.15) is 0 Å². The Kier molecular flexibility index (Phi) is 4.39. The molecule has 1 heterocycles.